The molecule has 11 heteroatoms. The van der Waals surface area contributed by atoms with E-state index in [1.165, 1.54) is 13.2 Å². The topological polar surface area (TPSA) is 74.1 Å². The molecule has 1 aromatic carbocycles. The number of tetrazole rings is 1. The molecule has 4 rings (SSSR count). The highest BCUT2D eigenvalue weighted by atomic mass is 35.5. The first-order valence-corrected chi connectivity index (χ1v) is 8.53. The van der Waals surface area contributed by atoms with E-state index in [2.05, 4.69) is 20.8 Å². The maximum absolute atomic E-state index is 13.1. The van der Waals surface area contributed by atoms with E-state index in [-0.39, 0.29) is 23.7 Å². The van der Waals surface area contributed by atoms with Gasteiger partial charge in [-0.2, -0.15) is 17.9 Å². The highest BCUT2D eigenvalue weighted by Crippen LogP contribution is 2.38. The number of ether oxygens (including phenoxy) is 2. The number of methoxy groups -OCH3 is 1. The smallest absolute Gasteiger partial charge is 0.453 e. The van der Waals surface area contributed by atoms with Crippen molar-refractivity contribution in [2.75, 3.05) is 26.8 Å². The van der Waals surface area contributed by atoms with Crippen LogP contribution in [0.15, 0.2) is 24.3 Å². The fourth-order valence-electron chi connectivity index (χ4n) is 3.54. The Kier molecular flexibility index (Phi) is 5.64. The molecule has 1 aromatic heterocycles. The Labute approximate surface area is 165 Å². The summed E-state index contributed by atoms with van der Waals surface area (Å²) >= 11 is 0. The predicted molar refractivity (Wildman–Crippen MR) is 96.7 cm³/mol. The maximum Gasteiger partial charge on any atom is 0.453 e. The van der Waals surface area contributed by atoms with Gasteiger partial charge in [0.1, 0.15) is 5.75 Å². The van der Waals surface area contributed by atoms with Crippen molar-refractivity contribution in [1.82, 2.24) is 25.5 Å². The zero-order valence-corrected chi connectivity index (χ0v) is 15.8. The Hall–Kier alpha value is -2.17. The summed E-state index contributed by atoms with van der Waals surface area (Å²) in [6.45, 7) is 2.03. The molecule has 2 aliphatic heterocycles. The quantitative estimate of drug-likeness (QED) is 0.827. The molecule has 1 saturated heterocycles. The first kappa shape index (κ1) is 20.6. The molecule has 1 unspecified atom stereocenters. The first-order chi connectivity index (χ1) is 12.9. The number of aromatic nitrogens is 4. The Balaban J connectivity index is 0.00000225. The second-order valence-electron chi connectivity index (χ2n) is 6.60. The van der Waals surface area contributed by atoms with Crippen LogP contribution in [0.25, 0.3) is 11.3 Å². The van der Waals surface area contributed by atoms with Crippen molar-refractivity contribution in [3.05, 3.63) is 35.7 Å². The van der Waals surface area contributed by atoms with E-state index in [0.29, 0.717) is 29.1 Å². The lowest BCUT2D eigenvalue weighted by Gasteiger charge is -2.31. The van der Waals surface area contributed by atoms with Crippen molar-refractivity contribution in [2.45, 2.75) is 24.6 Å². The molecule has 0 aliphatic carbocycles. The van der Waals surface area contributed by atoms with Gasteiger partial charge in [0, 0.05) is 12.1 Å². The number of halogens is 4. The summed E-state index contributed by atoms with van der Waals surface area (Å²) in [5, 5.41) is 13.1. The van der Waals surface area contributed by atoms with Crippen molar-refractivity contribution < 1.29 is 22.6 Å². The molecule has 3 heterocycles. The van der Waals surface area contributed by atoms with Crippen molar-refractivity contribution >= 4 is 18.0 Å². The van der Waals surface area contributed by atoms with Gasteiger partial charge in [-0.1, -0.05) is 0 Å². The van der Waals surface area contributed by atoms with Gasteiger partial charge in [-0.3, -0.25) is 0 Å². The second kappa shape index (κ2) is 7.69. The molecule has 2 aliphatic rings. The van der Waals surface area contributed by atoms with E-state index in [9.17, 15) is 13.2 Å². The van der Waals surface area contributed by atoms with Crippen LogP contribution in [-0.4, -0.2) is 52.6 Å². The minimum absolute atomic E-state index is 0. The molecule has 7 nitrogen and oxygen atoms in total. The SMILES string of the molecule is COc1ccc(-n2nnnc2C(F)(F)F)cc1C1=CC2(CCCNC2)OC1.Cl. The molecule has 0 saturated carbocycles. The number of alkyl halides is 3. The minimum Gasteiger partial charge on any atom is -0.496 e. The van der Waals surface area contributed by atoms with E-state index in [1.54, 1.807) is 12.1 Å². The summed E-state index contributed by atoms with van der Waals surface area (Å²) in [4.78, 5) is 0. The Morgan fingerprint density at radius 3 is 2.82 bits per heavy atom. The van der Waals surface area contributed by atoms with Gasteiger partial charge in [0.25, 0.3) is 5.82 Å². The molecule has 0 bridgehead atoms. The van der Waals surface area contributed by atoms with E-state index in [0.717, 1.165) is 25.0 Å². The molecule has 0 amide bonds. The van der Waals surface area contributed by atoms with Gasteiger partial charge in [-0.15, -0.1) is 17.5 Å². The largest absolute Gasteiger partial charge is 0.496 e. The van der Waals surface area contributed by atoms with Gasteiger partial charge in [-0.05, 0) is 59.7 Å². The van der Waals surface area contributed by atoms with Gasteiger partial charge in [0.05, 0.1) is 25.0 Å². The fourth-order valence-corrected chi connectivity index (χ4v) is 3.54. The molecule has 1 fully saturated rings. The van der Waals surface area contributed by atoms with Crippen molar-refractivity contribution in [1.29, 1.82) is 0 Å². The number of piperidine rings is 1. The normalized spacial score (nSPS) is 22.1. The molecule has 2 aromatic rings. The van der Waals surface area contributed by atoms with E-state index < -0.39 is 12.0 Å². The Morgan fingerprint density at radius 2 is 2.14 bits per heavy atom. The van der Waals surface area contributed by atoms with Crippen molar-refractivity contribution in [3.63, 3.8) is 0 Å². The van der Waals surface area contributed by atoms with E-state index in [1.807, 2.05) is 6.08 Å². The standard InChI is InChI=1S/C17H18F3N5O2.ClH/c1-26-14-4-3-12(25-15(17(18,19)20)22-23-24-25)7-13(14)11-8-16(27-9-11)5-2-6-21-10-16;/h3-4,7-8,21H,2,5-6,9-10H2,1H3;1H. The number of hydrogen-bond donors (Lipinski definition) is 1. The van der Waals surface area contributed by atoms with Gasteiger partial charge in [-0.25, -0.2) is 0 Å². The molecular formula is C17H19ClF3N5O2. The zero-order chi connectivity index (χ0) is 19.1. The third-order valence-corrected chi connectivity index (χ3v) is 4.83. The van der Waals surface area contributed by atoms with Gasteiger partial charge in [0.15, 0.2) is 0 Å². The van der Waals surface area contributed by atoms with Crippen LogP contribution in [0.4, 0.5) is 13.2 Å². The predicted octanol–water partition coefficient (Wildman–Crippen LogP) is 2.65. The summed E-state index contributed by atoms with van der Waals surface area (Å²) in [6.07, 6.45) is -0.709. The van der Waals surface area contributed by atoms with E-state index >= 15 is 0 Å². The monoisotopic (exact) mass is 417 g/mol. The number of nitrogens with one attached hydrogen (secondary N) is 1. The Bertz CT molecular complexity index is 878. The lowest BCUT2D eigenvalue weighted by Crippen LogP contribution is -2.44. The average Bonchev–Trinajstić information content (AvgIpc) is 3.29. The Morgan fingerprint density at radius 1 is 1.32 bits per heavy atom. The maximum atomic E-state index is 13.1. The van der Waals surface area contributed by atoms with Crippen LogP contribution in [0, 0.1) is 0 Å². The summed E-state index contributed by atoms with van der Waals surface area (Å²) < 4.78 is 51.5. The molecule has 0 radical (unpaired) electrons. The van der Waals surface area contributed by atoms with Crippen LogP contribution in [0.2, 0.25) is 0 Å². The van der Waals surface area contributed by atoms with Crippen molar-refractivity contribution in [2.24, 2.45) is 0 Å². The first-order valence-electron chi connectivity index (χ1n) is 8.53. The summed E-state index contributed by atoms with van der Waals surface area (Å²) in [5.41, 5.74) is 1.37. The number of benzene rings is 1. The van der Waals surface area contributed by atoms with Crippen LogP contribution < -0.4 is 10.1 Å². The van der Waals surface area contributed by atoms with Crippen LogP contribution in [-0.2, 0) is 10.9 Å². The summed E-state index contributed by atoms with van der Waals surface area (Å²) in [6, 6.07) is 4.69. The van der Waals surface area contributed by atoms with Crippen LogP contribution in [0.5, 0.6) is 5.75 Å². The molecule has 1 N–H and O–H groups in total. The molecule has 1 spiro atoms. The zero-order valence-electron chi connectivity index (χ0n) is 15.0. The highest BCUT2D eigenvalue weighted by Gasteiger charge is 2.39. The molecule has 1 atom stereocenters. The van der Waals surface area contributed by atoms with Gasteiger partial charge >= 0.3 is 6.18 Å². The van der Waals surface area contributed by atoms with Crippen molar-refractivity contribution in [3.8, 4) is 11.4 Å². The highest BCUT2D eigenvalue weighted by molar-refractivity contribution is 5.85. The van der Waals surface area contributed by atoms with Crippen LogP contribution in [0.1, 0.15) is 24.2 Å². The lowest BCUT2D eigenvalue weighted by atomic mass is 9.92. The van der Waals surface area contributed by atoms with E-state index in [4.69, 9.17) is 9.47 Å². The summed E-state index contributed by atoms with van der Waals surface area (Å²) in [7, 11) is 1.52. The van der Waals surface area contributed by atoms with Gasteiger partial charge in [0.2, 0.25) is 0 Å². The minimum atomic E-state index is -4.66. The fraction of sp³-hybridized carbons (Fsp3) is 0.471. The lowest BCUT2D eigenvalue weighted by molar-refractivity contribution is -0.146. The number of rotatable bonds is 3. The molecule has 28 heavy (non-hydrogen) atoms. The summed E-state index contributed by atoms with van der Waals surface area (Å²) in [5.74, 6) is -0.626. The third kappa shape index (κ3) is 3.71. The molecular weight excluding hydrogens is 399 g/mol. The average molecular weight is 418 g/mol. The third-order valence-electron chi connectivity index (χ3n) is 4.83. The number of hydrogen-bond acceptors (Lipinski definition) is 6. The number of nitrogens with zero attached hydrogens (tertiary/aromatic N) is 4. The van der Waals surface area contributed by atoms with Gasteiger partial charge < -0.3 is 14.8 Å². The van der Waals surface area contributed by atoms with Crippen LogP contribution in [0.3, 0.4) is 0 Å². The second-order valence-corrected chi connectivity index (χ2v) is 6.60. The molecule has 152 valence electrons. The van der Waals surface area contributed by atoms with Crippen LogP contribution >= 0.6 is 12.4 Å².